The Hall–Kier alpha value is 0.310. The molecule has 0 aromatic heterocycles. The summed E-state index contributed by atoms with van der Waals surface area (Å²) < 4.78 is 0. The highest BCUT2D eigenvalue weighted by Crippen LogP contribution is 1.98. The van der Waals surface area contributed by atoms with Gasteiger partial charge in [0, 0.05) is 11.8 Å². The van der Waals surface area contributed by atoms with E-state index in [9.17, 15) is 0 Å². The monoisotopic (exact) mass is 147 g/mol. The largest absolute Gasteiger partial charge is 0.300 e. The van der Waals surface area contributed by atoms with Crippen molar-refractivity contribution in [2.45, 2.75) is 26.8 Å². The van der Waals surface area contributed by atoms with Crippen LogP contribution in [0, 0.1) is 0 Å². The van der Waals surface area contributed by atoms with Gasteiger partial charge < -0.3 is 4.90 Å². The van der Waals surface area contributed by atoms with Crippen LogP contribution in [0.3, 0.4) is 0 Å². The lowest BCUT2D eigenvalue weighted by molar-refractivity contribution is 0.250. The molecule has 0 N–H and O–H groups in total. The summed E-state index contributed by atoms with van der Waals surface area (Å²) in [6.45, 7) is 8.85. The molecule has 0 aromatic rings. The van der Waals surface area contributed by atoms with Crippen LogP contribution >= 0.6 is 12.6 Å². The van der Waals surface area contributed by atoms with Crippen LogP contribution in [-0.2, 0) is 0 Å². The molecule has 56 valence electrons. The molecule has 0 bridgehead atoms. The molecule has 0 spiro atoms. The van der Waals surface area contributed by atoms with Crippen LogP contribution in [0.1, 0.15) is 20.8 Å². The van der Waals surface area contributed by atoms with E-state index >= 15 is 0 Å². The van der Waals surface area contributed by atoms with Gasteiger partial charge in [0.15, 0.2) is 0 Å². The summed E-state index contributed by atoms with van der Waals surface area (Å²) in [6.07, 6.45) is 0. The van der Waals surface area contributed by atoms with Gasteiger partial charge in [-0.2, -0.15) is 12.6 Å². The molecule has 0 amide bonds. The molecule has 0 radical (unpaired) electrons. The molecular formula is C7H17NS. The molecule has 0 aliphatic carbocycles. The minimum atomic E-state index is 0.628. The van der Waals surface area contributed by atoms with Gasteiger partial charge in [0.05, 0.1) is 0 Å². The van der Waals surface area contributed by atoms with Crippen molar-refractivity contribution in [3.63, 3.8) is 0 Å². The fourth-order valence-corrected chi connectivity index (χ4v) is 1.19. The Morgan fingerprint density at radius 2 is 1.78 bits per heavy atom. The zero-order valence-electron chi connectivity index (χ0n) is 6.59. The molecular weight excluding hydrogens is 130 g/mol. The summed E-state index contributed by atoms with van der Waals surface area (Å²) in [5.74, 6) is 0.960. The Labute approximate surface area is 63.8 Å². The molecule has 2 heteroatoms. The van der Waals surface area contributed by atoms with Crippen LogP contribution in [0.15, 0.2) is 0 Å². The Bertz CT molecular complexity index is 61.9. The van der Waals surface area contributed by atoms with E-state index in [4.69, 9.17) is 0 Å². The highest BCUT2D eigenvalue weighted by atomic mass is 32.1. The summed E-state index contributed by atoms with van der Waals surface area (Å²) in [4.78, 5) is 2.40. The van der Waals surface area contributed by atoms with Crippen LogP contribution in [0.2, 0.25) is 0 Å². The average molecular weight is 147 g/mol. The number of rotatable bonds is 4. The lowest BCUT2D eigenvalue weighted by Gasteiger charge is -2.24. The third-order valence-corrected chi connectivity index (χ3v) is 2.23. The molecule has 1 atom stereocenters. The highest BCUT2D eigenvalue weighted by molar-refractivity contribution is 7.80. The molecule has 1 nitrogen and oxygen atoms in total. The SMILES string of the molecule is CCN(CC)C(C)CS. The molecule has 0 heterocycles. The predicted molar refractivity (Wildman–Crippen MR) is 46.2 cm³/mol. The van der Waals surface area contributed by atoms with Gasteiger partial charge in [0.2, 0.25) is 0 Å². The Kier molecular flexibility index (Phi) is 5.30. The van der Waals surface area contributed by atoms with E-state index in [2.05, 4.69) is 38.3 Å². The van der Waals surface area contributed by atoms with Crippen molar-refractivity contribution < 1.29 is 0 Å². The van der Waals surface area contributed by atoms with E-state index in [1.165, 1.54) is 0 Å². The topological polar surface area (TPSA) is 3.24 Å². The van der Waals surface area contributed by atoms with Gasteiger partial charge in [-0.15, -0.1) is 0 Å². The second kappa shape index (κ2) is 5.12. The Morgan fingerprint density at radius 1 is 1.33 bits per heavy atom. The van der Waals surface area contributed by atoms with E-state index < -0.39 is 0 Å². The van der Waals surface area contributed by atoms with Crippen molar-refractivity contribution >= 4 is 12.6 Å². The third-order valence-electron chi connectivity index (χ3n) is 1.70. The average Bonchev–Trinajstić information content (AvgIpc) is 1.90. The normalized spacial score (nSPS) is 14.3. The van der Waals surface area contributed by atoms with Crippen LogP contribution in [0.4, 0.5) is 0 Å². The van der Waals surface area contributed by atoms with Crippen LogP contribution in [-0.4, -0.2) is 29.8 Å². The van der Waals surface area contributed by atoms with Gasteiger partial charge in [-0.3, -0.25) is 0 Å². The lowest BCUT2D eigenvalue weighted by Crippen LogP contribution is -2.33. The van der Waals surface area contributed by atoms with Crippen molar-refractivity contribution in [3.05, 3.63) is 0 Å². The van der Waals surface area contributed by atoms with Crippen LogP contribution in [0.5, 0.6) is 0 Å². The van der Waals surface area contributed by atoms with E-state index in [1.807, 2.05) is 0 Å². The smallest absolute Gasteiger partial charge is 0.0155 e. The van der Waals surface area contributed by atoms with Gasteiger partial charge in [-0.05, 0) is 20.0 Å². The standard InChI is InChI=1S/C7H17NS/c1-4-8(5-2)7(3)6-9/h7,9H,4-6H2,1-3H3. The van der Waals surface area contributed by atoms with Crippen molar-refractivity contribution in [2.75, 3.05) is 18.8 Å². The molecule has 0 rings (SSSR count). The van der Waals surface area contributed by atoms with Crippen LogP contribution in [0.25, 0.3) is 0 Å². The van der Waals surface area contributed by atoms with Crippen LogP contribution < -0.4 is 0 Å². The summed E-state index contributed by atoms with van der Waals surface area (Å²) in [5, 5.41) is 0. The highest BCUT2D eigenvalue weighted by Gasteiger charge is 2.05. The number of hydrogen-bond acceptors (Lipinski definition) is 2. The predicted octanol–water partition coefficient (Wildman–Crippen LogP) is 1.65. The van der Waals surface area contributed by atoms with Crippen molar-refractivity contribution in [1.82, 2.24) is 4.90 Å². The second-order valence-electron chi connectivity index (χ2n) is 2.25. The van der Waals surface area contributed by atoms with E-state index in [-0.39, 0.29) is 0 Å². The van der Waals surface area contributed by atoms with Gasteiger partial charge in [-0.25, -0.2) is 0 Å². The molecule has 0 aromatic carbocycles. The number of nitrogens with zero attached hydrogens (tertiary/aromatic N) is 1. The first kappa shape index (κ1) is 9.31. The lowest BCUT2D eigenvalue weighted by atomic mass is 10.3. The van der Waals surface area contributed by atoms with E-state index in [0.717, 1.165) is 18.8 Å². The molecule has 0 fully saturated rings. The maximum absolute atomic E-state index is 4.22. The van der Waals surface area contributed by atoms with Gasteiger partial charge in [0.25, 0.3) is 0 Å². The quantitative estimate of drug-likeness (QED) is 0.592. The van der Waals surface area contributed by atoms with Gasteiger partial charge >= 0.3 is 0 Å². The Morgan fingerprint density at radius 3 is 1.89 bits per heavy atom. The summed E-state index contributed by atoms with van der Waals surface area (Å²) >= 11 is 4.22. The minimum Gasteiger partial charge on any atom is -0.300 e. The molecule has 0 saturated heterocycles. The van der Waals surface area contributed by atoms with Crippen molar-refractivity contribution in [1.29, 1.82) is 0 Å². The summed E-state index contributed by atoms with van der Waals surface area (Å²) in [5.41, 5.74) is 0. The number of hydrogen-bond donors (Lipinski definition) is 1. The maximum Gasteiger partial charge on any atom is 0.0155 e. The first-order valence-corrected chi connectivity index (χ1v) is 4.24. The molecule has 1 unspecified atom stereocenters. The zero-order valence-corrected chi connectivity index (χ0v) is 7.49. The van der Waals surface area contributed by atoms with Gasteiger partial charge in [-0.1, -0.05) is 13.8 Å². The molecule has 0 aliphatic rings. The van der Waals surface area contributed by atoms with E-state index in [0.29, 0.717) is 6.04 Å². The molecule has 0 aliphatic heterocycles. The third kappa shape index (κ3) is 3.11. The Balaban J connectivity index is 3.50. The summed E-state index contributed by atoms with van der Waals surface area (Å²) in [6, 6.07) is 0.628. The minimum absolute atomic E-state index is 0.628. The summed E-state index contributed by atoms with van der Waals surface area (Å²) in [7, 11) is 0. The first-order valence-electron chi connectivity index (χ1n) is 3.61. The molecule has 9 heavy (non-hydrogen) atoms. The first-order chi connectivity index (χ1) is 4.26. The fourth-order valence-electron chi connectivity index (χ4n) is 0.962. The maximum atomic E-state index is 4.22. The molecule has 0 saturated carbocycles. The van der Waals surface area contributed by atoms with Gasteiger partial charge in [0.1, 0.15) is 0 Å². The van der Waals surface area contributed by atoms with Crippen molar-refractivity contribution in [3.8, 4) is 0 Å². The number of thiol groups is 1. The van der Waals surface area contributed by atoms with E-state index in [1.54, 1.807) is 0 Å². The fraction of sp³-hybridized carbons (Fsp3) is 1.00. The van der Waals surface area contributed by atoms with Crippen molar-refractivity contribution in [2.24, 2.45) is 0 Å². The zero-order chi connectivity index (χ0) is 7.28. The second-order valence-corrected chi connectivity index (χ2v) is 2.62.